The summed E-state index contributed by atoms with van der Waals surface area (Å²) in [5.74, 6) is -3.22. The van der Waals surface area contributed by atoms with Crippen LogP contribution in [0.4, 0.5) is 0 Å². The van der Waals surface area contributed by atoms with Crippen LogP contribution in [0.15, 0.2) is 35.4 Å². The maximum atomic E-state index is 11.6. The number of fused-ring (bicyclic) bond motifs is 1. The molecule has 1 aromatic carbocycles. The first-order valence-corrected chi connectivity index (χ1v) is 8.32. The van der Waals surface area contributed by atoms with E-state index in [4.69, 9.17) is 24.5 Å². The molecular formula is C17H19N3O7. The number of carbonyl (C=O) groups excluding carboxylic acids is 1. The molecule has 2 aliphatic heterocycles. The van der Waals surface area contributed by atoms with Crippen molar-refractivity contribution in [1.29, 1.82) is 0 Å². The smallest absolute Gasteiger partial charge is 0.336 e. The number of azide groups is 1. The molecule has 1 aromatic rings. The second-order valence-electron chi connectivity index (χ2n) is 6.41. The van der Waals surface area contributed by atoms with Gasteiger partial charge < -0.3 is 24.1 Å². The van der Waals surface area contributed by atoms with E-state index in [1.807, 2.05) is 30.3 Å². The van der Waals surface area contributed by atoms with E-state index in [-0.39, 0.29) is 6.61 Å². The van der Waals surface area contributed by atoms with E-state index in [1.165, 1.54) is 0 Å². The number of hydrogen-bond donors (Lipinski definition) is 1. The fraction of sp³-hybridized carbons (Fsp3) is 0.529. The quantitative estimate of drug-likeness (QED) is 0.365. The summed E-state index contributed by atoms with van der Waals surface area (Å²) in [4.78, 5) is 25.8. The zero-order chi connectivity index (χ0) is 19.6. The highest BCUT2D eigenvalue weighted by molar-refractivity contribution is 5.75. The lowest BCUT2D eigenvalue weighted by molar-refractivity contribution is -0.352. The van der Waals surface area contributed by atoms with E-state index in [9.17, 15) is 14.7 Å². The number of carboxylic acid groups (broad SMARTS) is 1. The minimum Gasteiger partial charge on any atom is -0.479 e. The minimum absolute atomic E-state index is 0.0179. The third-order valence-corrected chi connectivity index (χ3v) is 4.57. The fourth-order valence-corrected chi connectivity index (χ4v) is 3.35. The Labute approximate surface area is 154 Å². The van der Waals surface area contributed by atoms with Crippen molar-refractivity contribution in [2.75, 3.05) is 6.61 Å². The van der Waals surface area contributed by atoms with Crippen LogP contribution < -0.4 is 0 Å². The van der Waals surface area contributed by atoms with Crippen LogP contribution in [0.1, 0.15) is 19.4 Å². The van der Waals surface area contributed by atoms with Crippen LogP contribution in [0, 0.1) is 0 Å². The molecule has 2 fully saturated rings. The molecule has 0 spiro atoms. The number of benzene rings is 1. The van der Waals surface area contributed by atoms with Gasteiger partial charge in [-0.15, -0.1) is 0 Å². The lowest BCUT2D eigenvalue weighted by Crippen LogP contribution is -2.65. The van der Waals surface area contributed by atoms with Gasteiger partial charge in [0.25, 0.3) is 0 Å². The summed E-state index contributed by atoms with van der Waals surface area (Å²) in [5.41, 5.74) is 9.70. The van der Waals surface area contributed by atoms with Crippen molar-refractivity contribution in [3.63, 3.8) is 0 Å². The van der Waals surface area contributed by atoms with Crippen molar-refractivity contribution in [2.45, 2.75) is 50.1 Å². The molecule has 6 atom stereocenters. The zero-order valence-electron chi connectivity index (χ0n) is 14.7. The Hall–Kier alpha value is -2.65. The molecule has 10 nitrogen and oxygen atoms in total. The monoisotopic (exact) mass is 377 g/mol. The molecule has 0 saturated carbocycles. The molecule has 0 unspecified atom stereocenters. The Morgan fingerprint density at radius 1 is 1.37 bits per heavy atom. The summed E-state index contributed by atoms with van der Waals surface area (Å²) in [5, 5.41) is 13.1. The van der Waals surface area contributed by atoms with Crippen molar-refractivity contribution in [1.82, 2.24) is 0 Å². The van der Waals surface area contributed by atoms with Crippen molar-refractivity contribution in [3.05, 3.63) is 46.3 Å². The molecule has 0 bridgehead atoms. The first-order valence-electron chi connectivity index (χ1n) is 8.32. The molecule has 10 heteroatoms. The van der Waals surface area contributed by atoms with Gasteiger partial charge in [0.15, 0.2) is 11.9 Å². The predicted octanol–water partition coefficient (Wildman–Crippen LogP) is 1.74. The van der Waals surface area contributed by atoms with Crippen LogP contribution in [-0.2, 0) is 34.3 Å². The summed E-state index contributed by atoms with van der Waals surface area (Å²) >= 11 is 0. The van der Waals surface area contributed by atoms with Crippen LogP contribution in [0.3, 0.4) is 0 Å². The molecule has 2 aliphatic rings. The van der Waals surface area contributed by atoms with Gasteiger partial charge in [-0.05, 0) is 12.5 Å². The zero-order valence-corrected chi connectivity index (χ0v) is 14.7. The summed E-state index contributed by atoms with van der Waals surface area (Å²) in [6.07, 6.45) is -4.49. The first-order chi connectivity index (χ1) is 12.9. The average molecular weight is 377 g/mol. The SMILES string of the molecule is CC(=O)O[C@@H]1[C@@H](N=[N+]=[N-])[C@H]2O[C@@](C)(c3ccccc3)OC[C@H]2O[C@H]1C(=O)O. The summed E-state index contributed by atoms with van der Waals surface area (Å²) < 4.78 is 22.6. The van der Waals surface area contributed by atoms with Gasteiger partial charge in [0.1, 0.15) is 24.4 Å². The molecule has 0 aliphatic carbocycles. The first kappa shape index (κ1) is 19.1. The Kier molecular flexibility index (Phi) is 5.33. The second-order valence-corrected chi connectivity index (χ2v) is 6.41. The van der Waals surface area contributed by atoms with Crippen molar-refractivity contribution < 1.29 is 33.6 Å². The third-order valence-electron chi connectivity index (χ3n) is 4.57. The molecular weight excluding hydrogens is 358 g/mol. The standard InChI is InChI=1S/C17H19N3O7/c1-9(21)25-14-12(19-20-18)13-11(26-15(14)16(22)23)8-24-17(2,27-13)10-6-4-3-5-7-10/h3-7,11-15H,8H2,1-2H3,(H,22,23)/t11-,12+,13+,14-,15-,17+/m1/s1. The largest absolute Gasteiger partial charge is 0.479 e. The number of carbonyl (C=O) groups is 2. The lowest BCUT2D eigenvalue weighted by Gasteiger charge is -2.49. The predicted molar refractivity (Wildman–Crippen MR) is 89.4 cm³/mol. The van der Waals surface area contributed by atoms with Crippen LogP contribution in [0.2, 0.25) is 0 Å². The van der Waals surface area contributed by atoms with Gasteiger partial charge in [0, 0.05) is 17.4 Å². The summed E-state index contributed by atoms with van der Waals surface area (Å²) in [6.45, 7) is 2.86. The molecule has 0 aromatic heterocycles. The maximum absolute atomic E-state index is 11.6. The molecule has 3 rings (SSSR count). The number of aliphatic carboxylic acids is 1. The summed E-state index contributed by atoms with van der Waals surface area (Å²) in [6, 6.07) is 8.03. The van der Waals surface area contributed by atoms with Gasteiger partial charge in [-0.2, -0.15) is 0 Å². The molecule has 2 saturated heterocycles. The maximum Gasteiger partial charge on any atom is 0.336 e. The van der Waals surface area contributed by atoms with Crippen molar-refractivity contribution >= 4 is 11.9 Å². The van der Waals surface area contributed by atoms with Gasteiger partial charge in [-0.1, -0.05) is 35.4 Å². The van der Waals surface area contributed by atoms with Crippen molar-refractivity contribution in [2.24, 2.45) is 5.11 Å². The van der Waals surface area contributed by atoms with Gasteiger partial charge in [0.05, 0.1) is 6.61 Å². The normalized spacial score (nSPS) is 35.4. The molecule has 1 N–H and O–H groups in total. The highest BCUT2D eigenvalue weighted by Crippen LogP contribution is 2.39. The molecule has 0 radical (unpaired) electrons. The highest BCUT2D eigenvalue weighted by Gasteiger charge is 2.55. The molecule has 0 amide bonds. The number of hydrogen-bond acceptors (Lipinski definition) is 7. The van der Waals surface area contributed by atoms with E-state index in [0.29, 0.717) is 0 Å². The van der Waals surface area contributed by atoms with Crippen molar-refractivity contribution in [3.8, 4) is 0 Å². The average Bonchev–Trinajstić information content (AvgIpc) is 2.64. The Bertz CT molecular complexity index is 767. The minimum atomic E-state index is -1.50. The van der Waals surface area contributed by atoms with E-state index in [2.05, 4.69) is 10.0 Å². The van der Waals surface area contributed by atoms with Crippen LogP contribution in [0.5, 0.6) is 0 Å². The van der Waals surface area contributed by atoms with Gasteiger partial charge >= 0.3 is 11.9 Å². The highest BCUT2D eigenvalue weighted by atomic mass is 16.7. The second kappa shape index (κ2) is 7.53. The molecule has 27 heavy (non-hydrogen) atoms. The number of carboxylic acids is 1. The van der Waals surface area contributed by atoms with Crippen LogP contribution >= 0.6 is 0 Å². The molecule has 2 heterocycles. The molecule has 144 valence electrons. The van der Waals surface area contributed by atoms with E-state index >= 15 is 0 Å². The van der Waals surface area contributed by atoms with Crippen LogP contribution in [-0.4, -0.2) is 54.1 Å². The summed E-state index contributed by atoms with van der Waals surface area (Å²) in [7, 11) is 0. The number of ether oxygens (including phenoxy) is 4. The van der Waals surface area contributed by atoms with Gasteiger partial charge in [0.2, 0.25) is 0 Å². The van der Waals surface area contributed by atoms with E-state index in [1.54, 1.807) is 6.92 Å². The topological polar surface area (TPSA) is 140 Å². The van der Waals surface area contributed by atoms with E-state index < -0.39 is 48.2 Å². The Balaban J connectivity index is 1.96. The lowest BCUT2D eigenvalue weighted by atomic mass is 9.91. The van der Waals surface area contributed by atoms with Gasteiger partial charge in [-0.25, -0.2) is 4.79 Å². The van der Waals surface area contributed by atoms with Crippen LogP contribution in [0.25, 0.3) is 10.4 Å². The Morgan fingerprint density at radius 3 is 2.67 bits per heavy atom. The van der Waals surface area contributed by atoms with Gasteiger partial charge in [-0.3, -0.25) is 4.79 Å². The Morgan fingerprint density at radius 2 is 2.07 bits per heavy atom. The number of rotatable bonds is 4. The third kappa shape index (κ3) is 3.74. The number of nitrogens with zero attached hydrogens (tertiary/aromatic N) is 3. The fourth-order valence-electron chi connectivity index (χ4n) is 3.35. The number of esters is 1. The van der Waals surface area contributed by atoms with E-state index in [0.717, 1.165) is 12.5 Å².